The third kappa shape index (κ3) is 4.30. The average molecular weight is 289 g/mol. The molecule has 0 spiro atoms. The van der Waals surface area contributed by atoms with Gasteiger partial charge in [0.2, 0.25) is 0 Å². The van der Waals surface area contributed by atoms with Gasteiger partial charge in [0.05, 0.1) is 0 Å². The summed E-state index contributed by atoms with van der Waals surface area (Å²) >= 11 is 0. The Morgan fingerprint density at radius 3 is 2.67 bits per heavy atom. The maximum atomic E-state index is 11.4. The van der Waals surface area contributed by atoms with Gasteiger partial charge in [-0.25, -0.2) is 0 Å². The van der Waals surface area contributed by atoms with Crippen molar-refractivity contribution in [3.63, 3.8) is 0 Å². The number of nitrogens with one attached hydrogen (secondary N) is 1. The first-order chi connectivity index (χ1) is 10.1. The molecule has 0 aliphatic carbocycles. The highest BCUT2D eigenvalue weighted by Gasteiger charge is 2.09. The number of carbonyl (C=O) groups is 1. The van der Waals surface area contributed by atoms with E-state index >= 15 is 0 Å². The molecule has 1 aromatic heterocycles. The minimum atomic E-state index is -0.128. The van der Waals surface area contributed by atoms with Gasteiger partial charge in [-0.1, -0.05) is 19.0 Å². The lowest BCUT2D eigenvalue weighted by Gasteiger charge is -2.04. The van der Waals surface area contributed by atoms with E-state index < -0.39 is 0 Å². The number of carbonyl (C=O) groups excluding carboxylic acids is 1. The van der Waals surface area contributed by atoms with Crippen LogP contribution in [0.25, 0.3) is 0 Å². The summed E-state index contributed by atoms with van der Waals surface area (Å²) in [5.74, 6) is 2.14. The van der Waals surface area contributed by atoms with Crippen LogP contribution in [-0.2, 0) is 13.0 Å². The molecular formula is C15H19N3O3. The summed E-state index contributed by atoms with van der Waals surface area (Å²) in [4.78, 5) is 15.7. The topological polar surface area (TPSA) is 77.2 Å². The Bertz CT molecular complexity index is 590. The quantitative estimate of drug-likeness (QED) is 0.882. The van der Waals surface area contributed by atoms with Crippen LogP contribution in [0.4, 0.5) is 0 Å². The van der Waals surface area contributed by atoms with Gasteiger partial charge in [0, 0.05) is 19.0 Å². The minimum absolute atomic E-state index is 0.128. The normalized spacial score (nSPS) is 10.7. The Labute approximate surface area is 123 Å². The molecule has 1 aromatic carbocycles. The zero-order valence-corrected chi connectivity index (χ0v) is 12.4. The first-order valence-electron chi connectivity index (χ1n) is 6.85. The van der Waals surface area contributed by atoms with Gasteiger partial charge in [0.25, 0.3) is 11.8 Å². The van der Waals surface area contributed by atoms with Gasteiger partial charge in [-0.05, 0) is 30.2 Å². The summed E-state index contributed by atoms with van der Waals surface area (Å²) in [6, 6.07) is 6.87. The minimum Gasteiger partial charge on any atom is -0.484 e. The molecule has 112 valence electrons. The summed E-state index contributed by atoms with van der Waals surface area (Å²) < 4.78 is 10.7. The van der Waals surface area contributed by atoms with E-state index in [1.165, 1.54) is 0 Å². The summed E-state index contributed by atoms with van der Waals surface area (Å²) in [6.07, 6.45) is 0.782. The molecule has 2 aromatic rings. The molecule has 1 N–H and O–H groups in total. The van der Waals surface area contributed by atoms with E-state index in [4.69, 9.17) is 9.26 Å². The third-order valence-electron chi connectivity index (χ3n) is 2.81. The van der Waals surface area contributed by atoms with E-state index in [0.717, 1.165) is 6.42 Å². The van der Waals surface area contributed by atoms with Crippen molar-refractivity contribution < 1.29 is 14.1 Å². The summed E-state index contributed by atoms with van der Waals surface area (Å²) in [5.41, 5.74) is 0.585. The molecule has 0 fully saturated rings. The summed E-state index contributed by atoms with van der Waals surface area (Å²) in [6.45, 7) is 4.41. The van der Waals surface area contributed by atoms with Crippen molar-refractivity contribution in [2.75, 3.05) is 7.05 Å². The molecular weight excluding hydrogens is 270 g/mol. The number of ether oxygens (including phenoxy) is 1. The average Bonchev–Trinajstić information content (AvgIpc) is 2.91. The van der Waals surface area contributed by atoms with Gasteiger partial charge in [0.15, 0.2) is 12.4 Å². The smallest absolute Gasteiger partial charge is 0.264 e. The fourth-order valence-electron chi connectivity index (χ4n) is 1.79. The van der Waals surface area contributed by atoms with Crippen molar-refractivity contribution in [2.45, 2.75) is 26.9 Å². The Morgan fingerprint density at radius 1 is 1.33 bits per heavy atom. The van der Waals surface area contributed by atoms with E-state index in [2.05, 4.69) is 29.3 Å². The number of benzene rings is 1. The predicted octanol–water partition coefficient (Wildman–Crippen LogP) is 2.21. The van der Waals surface area contributed by atoms with Crippen LogP contribution in [0.5, 0.6) is 5.75 Å². The lowest BCUT2D eigenvalue weighted by molar-refractivity contribution is 0.0963. The molecule has 0 radical (unpaired) electrons. The molecule has 1 heterocycles. The molecule has 0 aliphatic rings. The van der Waals surface area contributed by atoms with Crippen molar-refractivity contribution in [1.29, 1.82) is 0 Å². The van der Waals surface area contributed by atoms with E-state index in [-0.39, 0.29) is 12.5 Å². The fraction of sp³-hybridized carbons (Fsp3) is 0.400. The summed E-state index contributed by atoms with van der Waals surface area (Å²) in [5, 5.41) is 6.46. The SMILES string of the molecule is CNC(=O)c1ccc(OCc2nc(CC(C)C)no2)cc1. The molecule has 0 saturated carbocycles. The molecule has 21 heavy (non-hydrogen) atoms. The van der Waals surface area contributed by atoms with Gasteiger partial charge in [-0.3, -0.25) is 4.79 Å². The first kappa shape index (κ1) is 15.0. The van der Waals surface area contributed by atoms with Crippen LogP contribution in [0.3, 0.4) is 0 Å². The largest absolute Gasteiger partial charge is 0.484 e. The van der Waals surface area contributed by atoms with Crippen molar-refractivity contribution in [1.82, 2.24) is 15.5 Å². The second-order valence-electron chi connectivity index (χ2n) is 5.09. The highest BCUT2D eigenvalue weighted by Crippen LogP contribution is 2.14. The lowest BCUT2D eigenvalue weighted by Crippen LogP contribution is -2.17. The summed E-state index contributed by atoms with van der Waals surface area (Å²) in [7, 11) is 1.59. The van der Waals surface area contributed by atoms with Crippen LogP contribution >= 0.6 is 0 Å². The third-order valence-corrected chi connectivity index (χ3v) is 2.81. The number of hydrogen-bond donors (Lipinski definition) is 1. The molecule has 0 aliphatic heterocycles. The zero-order valence-electron chi connectivity index (χ0n) is 12.4. The van der Waals surface area contributed by atoms with Crippen LogP contribution in [0.15, 0.2) is 28.8 Å². The number of amides is 1. The van der Waals surface area contributed by atoms with Crippen molar-refractivity contribution >= 4 is 5.91 Å². The van der Waals surface area contributed by atoms with Crippen LogP contribution in [0, 0.1) is 5.92 Å². The maximum Gasteiger partial charge on any atom is 0.264 e. The molecule has 0 unspecified atom stereocenters. The van der Waals surface area contributed by atoms with Crippen LogP contribution in [0.2, 0.25) is 0 Å². The van der Waals surface area contributed by atoms with E-state index in [1.807, 2.05) is 0 Å². The number of nitrogens with zero attached hydrogens (tertiary/aromatic N) is 2. The highest BCUT2D eigenvalue weighted by atomic mass is 16.5. The van der Waals surface area contributed by atoms with Gasteiger partial charge >= 0.3 is 0 Å². The Hall–Kier alpha value is -2.37. The first-order valence-corrected chi connectivity index (χ1v) is 6.85. The van der Waals surface area contributed by atoms with E-state index in [9.17, 15) is 4.79 Å². The Morgan fingerprint density at radius 2 is 2.05 bits per heavy atom. The van der Waals surface area contributed by atoms with Gasteiger partial charge in [-0.15, -0.1) is 0 Å². The van der Waals surface area contributed by atoms with Crippen molar-refractivity contribution in [2.24, 2.45) is 5.92 Å². The van der Waals surface area contributed by atoms with Crippen molar-refractivity contribution in [3.8, 4) is 5.75 Å². The van der Waals surface area contributed by atoms with Crippen molar-refractivity contribution in [3.05, 3.63) is 41.5 Å². The molecule has 0 bridgehead atoms. The molecule has 2 rings (SSSR count). The molecule has 6 heteroatoms. The monoisotopic (exact) mass is 289 g/mol. The fourth-order valence-corrected chi connectivity index (χ4v) is 1.79. The van der Waals surface area contributed by atoms with Crippen LogP contribution in [-0.4, -0.2) is 23.1 Å². The maximum absolute atomic E-state index is 11.4. The number of aromatic nitrogens is 2. The van der Waals surface area contributed by atoms with Crippen LogP contribution in [0.1, 0.15) is 35.9 Å². The highest BCUT2D eigenvalue weighted by molar-refractivity contribution is 5.94. The van der Waals surface area contributed by atoms with Crippen LogP contribution < -0.4 is 10.1 Å². The van der Waals surface area contributed by atoms with E-state index in [0.29, 0.717) is 28.9 Å². The Balaban J connectivity index is 1.90. The number of rotatable bonds is 6. The number of hydrogen-bond acceptors (Lipinski definition) is 5. The van der Waals surface area contributed by atoms with Gasteiger partial charge in [0.1, 0.15) is 5.75 Å². The molecule has 0 atom stereocenters. The predicted molar refractivity (Wildman–Crippen MR) is 77.0 cm³/mol. The van der Waals surface area contributed by atoms with Gasteiger partial charge < -0.3 is 14.6 Å². The molecule has 1 amide bonds. The van der Waals surface area contributed by atoms with Gasteiger partial charge in [-0.2, -0.15) is 4.98 Å². The molecule has 6 nitrogen and oxygen atoms in total. The lowest BCUT2D eigenvalue weighted by atomic mass is 10.1. The molecule has 0 saturated heterocycles. The van der Waals surface area contributed by atoms with E-state index in [1.54, 1.807) is 31.3 Å². The Kier molecular flexibility index (Phi) is 4.92. The standard InChI is InChI=1S/C15H19N3O3/c1-10(2)8-13-17-14(21-18-13)9-20-12-6-4-11(5-7-12)15(19)16-3/h4-7,10H,8-9H2,1-3H3,(H,16,19). The zero-order chi connectivity index (χ0) is 15.2. The second-order valence-corrected chi connectivity index (χ2v) is 5.09. The second kappa shape index (κ2) is 6.88.